The molecule has 0 aliphatic carbocycles. The summed E-state index contributed by atoms with van der Waals surface area (Å²) in [5, 5.41) is 0.739. The highest BCUT2D eigenvalue weighted by atomic mass is 35.5. The third kappa shape index (κ3) is 5.85. The van der Waals surface area contributed by atoms with Gasteiger partial charge in [0.1, 0.15) is 0 Å². The van der Waals surface area contributed by atoms with Gasteiger partial charge < -0.3 is 0 Å². The monoisotopic (exact) mass is 571 g/mol. The first-order chi connectivity index (χ1) is 21.2. The van der Waals surface area contributed by atoms with Crippen LogP contribution in [0.25, 0.3) is 67.5 Å². The van der Waals surface area contributed by atoms with E-state index in [9.17, 15) is 0 Å². The molecule has 1 aromatic heterocycles. The van der Waals surface area contributed by atoms with Crippen LogP contribution in [0.1, 0.15) is 0 Å². The van der Waals surface area contributed by atoms with E-state index in [0.29, 0.717) is 17.5 Å². The van der Waals surface area contributed by atoms with Gasteiger partial charge in [-0.25, -0.2) is 15.0 Å². The van der Waals surface area contributed by atoms with Gasteiger partial charge in [0.15, 0.2) is 17.5 Å². The highest BCUT2D eigenvalue weighted by Gasteiger charge is 2.13. The fraction of sp³-hybridized carbons (Fsp3) is 0. The van der Waals surface area contributed by atoms with E-state index in [2.05, 4.69) is 97.1 Å². The SMILES string of the molecule is Clc1ccc(-c2ccc(-c3ccc(-c4nc(-c5ccccc5)nc(-c5ccc(-c6ccccc6)cc5)n4)cc3)cc2)cc1. The van der Waals surface area contributed by atoms with E-state index in [-0.39, 0.29) is 0 Å². The van der Waals surface area contributed by atoms with Crippen LogP contribution in [0.2, 0.25) is 5.02 Å². The van der Waals surface area contributed by atoms with E-state index in [0.717, 1.165) is 49.5 Å². The lowest BCUT2D eigenvalue weighted by molar-refractivity contribution is 1.07. The Labute approximate surface area is 256 Å². The number of benzene rings is 6. The predicted molar refractivity (Wildman–Crippen MR) is 177 cm³/mol. The van der Waals surface area contributed by atoms with E-state index in [4.69, 9.17) is 26.6 Å². The lowest BCUT2D eigenvalue weighted by Crippen LogP contribution is -2.00. The number of hydrogen-bond donors (Lipinski definition) is 0. The molecular formula is C39H26ClN3. The fourth-order valence-corrected chi connectivity index (χ4v) is 5.23. The second-order valence-corrected chi connectivity index (χ2v) is 10.7. The molecule has 4 heteroatoms. The summed E-state index contributed by atoms with van der Waals surface area (Å²) in [6, 6.07) is 53.7. The molecule has 0 saturated heterocycles. The van der Waals surface area contributed by atoms with E-state index >= 15 is 0 Å². The summed E-state index contributed by atoms with van der Waals surface area (Å²) >= 11 is 6.06. The molecule has 0 unspecified atom stereocenters. The molecule has 0 aliphatic rings. The smallest absolute Gasteiger partial charge is 0.164 e. The Morgan fingerprint density at radius 3 is 0.837 bits per heavy atom. The zero-order chi connectivity index (χ0) is 29.0. The maximum Gasteiger partial charge on any atom is 0.164 e. The van der Waals surface area contributed by atoms with Crippen LogP contribution >= 0.6 is 11.6 Å². The van der Waals surface area contributed by atoms with Gasteiger partial charge in [-0.05, 0) is 45.5 Å². The molecule has 0 spiro atoms. The van der Waals surface area contributed by atoms with Crippen molar-refractivity contribution < 1.29 is 0 Å². The largest absolute Gasteiger partial charge is 0.208 e. The zero-order valence-corrected chi connectivity index (χ0v) is 24.0. The minimum Gasteiger partial charge on any atom is -0.208 e. The molecule has 43 heavy (non-hydrogen) atoms. The van der Waals surface area contributed by atoms with Crippen LogP contribution in [0.15, 0.2) is 158 Å². The molecule has 0 radical (unpaired) electrons. The molecule has 1 heterocycles. The molecule has 7 rings (SSSR count). The fourth-order valence-electron chi connectivity index (χ4n) is 5.10. The van der Waals surface area contributed by atoms with Gasteiger partial charge in [-0.3, -0.25) is 0 Å². The van der Waals surface area contributed by atoms with Crippen LogP contribution < -0.4 is 0 Å². The molecule has 0 atom stereocenters. The van der Waals surface area contributed by atoms with Gasteiger partial charge in [0, 0.05) is 21.7 Å². The summed E-state index contributed by atoms with van der Waals surface area (Å²) in [7, 11) is 0. The molecule has 0 amide bonds. The van der Waals surface area contributed by atoms with Gasteiger partial charge in [-0.2, -0.15) is 0 Å². The molecule has 0 N–H and O–H groups in total. The van der Waals surface area contributed by atoms with Crippen molar-refractivity contribution in [3.8, 4) is 67.5 Å². The topological polar surface area (TPSA) is 38.7 Å². The normalized spacial score (nSPS) is 10.9. The summed E-state index contributed by atoms with van der Waals surface area (Å²) in [5.41, 5.74) is 9.71. The summed E-state index contributed by atoms with van der Waals surface area (Å²) in [5.74, 6) is 1.93. The second kappa shape index (κ2) is 11.8. The van der Waals surface area contributed by atoms with Gasteiger partial charge in [-0.1, -0.05) is 157 Å². The van der Waals surface area contributed by atoms with Gasteiger partial charge in [0.05, 0.1) is 0 Å². The van der Waals surface area contributed by atoms with Gasteiger partial charge in [0.2, 0.25) is 0 Å². The third-order valence-corrected chi connectivity index (χ3v) is 7.71. The Balaban J connectivity index is 1.21. The predicted octanol–water partition coefficient (Wildman–Crippen LogP) is 10.5. The van der Waals surface area contributed by atoms with Crippen LogP contribution in [0.4, 0.5) is 0 Å². The standard InChI is InChI=1S/C39H26ClN3/c40-36-25-23-32(24-26-36)30-13-11-29(12-14-30)31-17-21-35(22-18-31)39-42-37(33-9-5-2-6-10-33)41-38(43-39)34-19-15-28(16-20-34)27-7-3-1-4-8-27/h1-26H. The van der Waals surface area contributed by atoms with Gasteiger partial charge >= 0.3 is 0 Å². The number of halogens is 1. The van der Waals surface area contributed by atoms with Crippen LogP contribution in [-0.2, 0) is 0 Å². The minimum atomic E-state index is 0.639. The van der Waals surface area contributed by atoms with Gasteiger partial charge in [-0.15, -0.1) is 0 Å². The van der Waals surface area contributed by atoms with Crippen molar-refractivity contribution in [2.24, 2.45) is 0 Å². The summed E-state index contributed by atoms with van der Waals surface area (Å²) in [4.78, 5) is 14.7. The molecule has 3 nitrogen and oxygen atoms in total. The van der Waals surface area contributed by atoms with E-state index in [1.807, 2.05) is 60.7 Å². The third-order valence-electron chi connectivity index (χ3n) is 7.46. The first kappa shape index (κ1) is 26.5. The maximum absolute atomic E-state index is 6.06. The Morgan fingerprint density at radius 1 is 0.256 bits per heavy atom. The minimum absolute atomic E-state index is 0.639. The van der Waals surface area contributed by atoms with Crippen molar-refractivity contribution in [3.05, 3.63) is 163 Å². The van der Waals surface area contributed by atoms with Crippen molar-refractivity contribution in [2.45, 2.75) is 0 Å². The maximum atomic E-state index is 6.06. The quantitative estimate of drug-likeness (QED) is 0.199. The van der Waals surface area contributed by atoms with Crippen molar-refractivity contribution in [2.75, 3.05) is 0 Å². The molecule has 6 aromatic carbocycles. The van der Waals surface area contributed by atoms with E-state index < -0.39 is 0 Å². The van der Waals surface area contributed by atoms with Crippen LogP contribution in [-0.4, -0.2) is 15.0 Å². The molecule has 7 aromatic rings. The Kier molecular flexibility index (Phi) is 7.31. The summed E-state index contributed by atoms with van der Waals surface area (Å²) in [6.45, 7) is 0. The van der Waals surface area contributed by atoms with E-state index in [1.165, 1.54) is 5.56 Å². The lowest BCUT2D eigenvalue weighted by atomic mass is 9.99. The Bertz CT molecular complexity index is 1970. The average Bonchev–Trinajstić information content (AvgIpc) is 3.09. The molecule has 204 valence electrons. The number of aromatic nitrogens is 3. The van der Waals surface area contributed by atoms with Crippen molar-refractivity contribution in [1.82, 2.24) is 15.0 Å². The van der Waals surface area contributed by atoms with Crippen molar-refractivity contribution in [1.29, 1.82) is 0 Å². The molecule has 0 bridgehead atoms. The van der Waals surface area contributed by atoms with Crippen LogP contribution in [0.5, 0.6) is 0 Å². The first-order valence-corrected chi connectivity index (χ1v) is 14.5. The summed E-state index contributed by atoms with van der Waals surface area (Å²) < 4.78 is 0. The van der Waals surface area contributed by atoms with Crippen molar-refractivity contribution >= 4 is 11.6 Å². The lowest BCUT2D eigenvalue weighted by Gasteiger charge is -2.10. The highest BCUT2D eigenvalue weighted by molar-refractivity contribution is 6.30. The van der Waals surface area contributed by atoms with Gasteiger partial charge in [0.25, 0.3) is 0 Å². The zero-order valence-electron chi connectivity index (χ0n) is 23.2. The van der Waals surface area contributed by atoms with Crippen molar-refractivity contribution in [3.63, 3.8) is 0 Å². The summed E-state index contributed by atoms with van der Waals surface area (Å²) in [6.07, 6.45) is 0. The Hall–Kier alpha value is -5.38. The van der Waals surface area contributed by atoms with Crippen LogP contribution in [0.3, 0.4) is 0 Å². The highest BCUT2D eigenvalue weighted by Crippen LogP contribution is 2.30. The first-order valence-electron chi connectivity index (χ1n) is 14.1. The van der Waals surface area contributed by atoms with E-state index in [1.54, 1.807) is 0 Å². The molecular weight excluding hydrogens is 546 g/mol. The number of hydrogen-bond acceptors (Lipinski definition) is 3. The number of rotatable bonds is 6. The molecule has 0 fully saturated rings. The second-order valence-electron chi connectivity index (χ2n) is 10.3. The number of nitrogens with zero attached hydrogens (tertiary/aromatic N) is 3. The Morgan fingerprint density at radius 2 is 0.488 bits per heavy atom. The molecule has 0 saturated carbocycles. The molecule has 0 aliphatic heterocycles. The van der Waals surface area contributed by atoms with Crippen LogP contribution in [0, 0.1) is 0 Å². The average molecular weight is 572 g/mol.